The van der Waals surface area contributed by atoms with Crippen molar-refractivity contribution in [1.29, 1.82) is 0 Å². The first kappa shape index (κ1) is 7.98. The molecule has 0 amide bonds. The Balaban J connectivity index is 4.00. The Hall–Kier alpha value is -0.0200. The van der Waals surface area contributed by atoms with Crippen molar-refractivity contribution in [2.45, 2.75) is 6.43 Å². The molecule has 0 aromatic rings. The lowest BCUT2D eigenvalue weighted by Gasteiger charge is -1.93. The molecule has 0 bridgehead atoms. The minimum Gasteiger partial charge on any atom is -0.505 e. The molecule has 0 aliphatic rings. The van der Waals surface area contributed by atoms with Gasteiger partial charge in [0.15, 0.2) is 5.76 Å². The van der Waals surface area contributed by atoms with Gasteiger partial charge >= 0.3 is 0 Å². The molecule has 0 fully saturated rings. The molecular weight excluding hydrogens is 161 g/mol. The van der Waals surface area contributed by atoms with Gasteiger partial charge in [-0.25, -0.2) is 8.78 Å². The van der Waals surface area contributed by atoms with Crippen molar-refractivity contribution in [3.8, 4) is 0 Å². The Bertz CT molecular complexity index is 108. The van der Waals surface area contributed by atoms with Crippen LogP contribution in [0.1, 0.15) is 0 Å². The summed E-state index contributed by atoms with van der Waals surface area (Å²) in [6.45, 7) is 0. The molecular formula is C3H2Cl2F2O. The van der Waals surface area contributed by atoms with E-state index in [9.17, 15) is 8.78 Å². The summed E-state index contributed by atoms with van der Waals surface area (Å²) in [6.07, 6.45) is -2.99. The molecule has 0 unspecified atom stereocenters. The van der Waals surface area contributed by atoms with Crippen molar-refractivity contribution in [2.24, 2.45) is 0 Å². The molecule has 0 spiro atoms. The van der Waals surface area contributed by atoms with Crippen molar-refractivity contribution < 1.29 is 13.9 Å². The molecule has 0 aliphatic heterocycles. The number of alkyl halides is 2. The second kappa shape index (κ2) is 3.10. The van der Waals surface area contributed by atoms with Gasteiger partial charge < -0.3 is 5.11 Å². The molecule has 0 aliphatic carbocycles. The van der Waals surface area contributed by atoms with Crippen LogP contribution in [-0.2, 0) is 0 Å². The van der Waals surface area contributed by atoms with Gasteiger partial charge in [-0.1, -0.05) is 23.2 Å². The number of hydrogen-bond acceptors (Lipinski definition) is 1. The van der Waals surface area contributed by atoms with E-state index in [0.29, 0.717) is 0 Å². The predicted octanol–water partition coefficient (Wildman–Crippen LogP) is 2.46. The van der Waals surface area contributed by atoms with Crippen LogP contribution in [0, 0.1) is 0 Å². The topological polar surface area (TPSA) is 20.2 Å². The molecule has 1 N–H and O–H groups in total. The first-order valence-electron chi connectivity index (χ1n) is 1.58. The number of halogens is 4. The molecule has 0 atom stereocenters. The first-order chi connectivity index (χ1) is 3.55. The van der Waals surface area contributed by atoms with E-state index in [1.165, 1.54) is 0 Å². The van der Waals surface area contributed by atoms with Crippen LogP contribution >= 0.6 is 23.2 Å². The molecule has 8 heavy (non-hydrogen) atoms. The monoisotopic (exact) mass is 162 g/mol. The standard InChI is InChI=1S/C3H2Cl2F2O/c4-2(5)1(8)3(6)7/h3,8H. The van der Waals surface area contributed by atoms with E-state index >= 15 is 0 Å². The van der Waals surface area contributed by atoms with Gasteiger partial charge in [-0.2, -0.15) is 0 Å². The second-order valence-corrected chi connectivity index (χ2v) is 1.90. The van der Waals surface area contributed by atoms with Crippen LogP contribution in [0.3, 0.4) is 0 Å². The Labute approximate surface area is 54.5 Å². The fourth-order valence-electron chi connectivity index (χ4n) is 0.0825. The van der Waals surface area contributed by atoms with Gasteiger partial charge in [-0.05, 0) is 0 Å². The lowest BCUT2D eigenvalue weighted by molar-refractivity contribution is 0.129. The maximum Gasteiger partial charge on any atom is 0.296 e. The smallest absolute Gasteiger partial charge is 0.296 e. The number of rotatable bonds is 1. The first-order valence-corrected chi connectivity index (χ1v) is 2.33. The molecule has 1 nitrogen and oxygen atoms in total. The van der Waals surface area contributed by atoms with Gasteiger partial charge in [0.2, 0.25) is 0 Å². The van der Waals surface area contributed by atoms with Crippen molar-refractivity contribution >= 4 is 23.2 Å². The lowest BCUT2D eigenvalue weighted by Crippen LogP contribution is -1.94. The van der Waals surface area contributed by atoms with Gasteiger partial charge in [-0.3, -0.25) is 0 Å². The summed E-state index contributed by atoms with van der Waals surface area (Å²) >= 11 is 9.48. The fraction of sp³-hybridized carbons (Fsp3) is 0.333. The third kappa shape index (κ3) is 2.33. The van der Waals surface area contributed by atoms with E-state index in [0.717, 1.165) is 0 Å². The average molecular weight is 163 g/mol. The molecule has 0 saturated heterocycles. The van der Waals surface area contributed by atoms with Crippen LogP contribution < -0.4 is 0 Å². The molecule has 0 heterocycles. The van der Waals surface area contributed by atoms with Crippen molar-refractivity contribution in [3.05, 3.63) is 10.3 Å². The van der Waals surface area contributed by atoms with Crippen molar-refractivity contribution in [1.82, 2.24) is 0 Å². The van der Waals surface area contributed by atoms with E-state index in [1.807, 2.05) is 0 Å². The molecule has 0 rings (SSSR count). The minimum atomic E-state index is -2.99. The SMILES string of the molecule is OC(=C(Cl)Cl)C(F)F. The number of allylic oxidation sites excluding steroid dienone is 1. The summed E-state index contributed by atoms with van der Waals surface area (Å²) in [5.74, 6) is -1.28. The molecule has 0 saturated carbocycles. The highest BCUT2D eigenvalue weighted by Crippen LogP contribution is 2.16. The summed E-state index contributed by atoms with van der Waals surface area (Å²) in [6, 6.07) is 0. The summed E-state index contributed by atoms with van der Waals surface area (Å²) in [5, 5.41) is 8.07. The maximum atomic E-state index is 11.2. The molecule has 48 valence electrons. The van der Waals surface area contributed by atoms with Gasteiger partial charge in [0.1, 0.15) is 4.49 Å². The van der Waals surface area contributed by atoms with Crippen LogP contribution in [0.15, 0.2) is 10.3 Å². The zero-order chi connectivity index (χ0) is 6.73. The van der Waals surface area contributed by atoms with E-state index in [4.69, 9.17) is 28.3 Å². The Morgan fingerprint density at radius 3 is 1.75 bits per heavy atom. The fourth-order valence-corrected chi connectivity index (χ4v) is 0.247. The lowest BCUT2D eigenvalue weighted by atomic mass is 10.6. The van der Waals surface area contributed by atoms with Crippen LogP contribution in [-0.4, -0.2) is 11.5 Å². The summed E-state index contributed by atoms with van der Waals surface area (Å²) < 4.78 is 21.6. The van der Waals surface area contributed by atoms with E-state index in [1.54, 1.807) is 0 Å². The summed E-state index contributed by atoms with van der Waals surface area (Å²) in [5.41, 5.74) is 0. The van der Waals surface area contributed by atoms with Gasteiger partial charge in [0, 0.05) is 0 Å². The molecule has 0 radical (unpaired) electrons. The number of aliphatic hydroxyl groups is 1. The third-order valence-corrected chi connectivity index (χ3v) is 0.788. The van der Waals surface area contributed by atoms with Crippen LogP contribution in [0.2, 0.25) is 0 Å². The van der Waals surface area contributed by atoms with Crippen LogP contribution in [0.25, 0.3) is 0 Å². The van der Waals surface area contributed by atoms with Gasteiger partial charge in [-0.15, -0.1) is 0 Å². The van der Waals surface area contributed by atoms with E-state index in [2.05, 4.69) is 0 Å². The predicted molar refractivity (Wildman–Crippen MR) is 27.4 cm³/mol. The van der Waals surface area contributed by atoms with E-state index in [-0.39, 0.29) is 0 Å². The Morgan fingerprint density at radius 1 is 1.38 bits per heavy atom. The van der Waals surface area contributed by atoms with Crippen molar-refractivity contribution in [3.63, 3.8) is 0 Å². The highest BCUT2D eigenvalue weighted by atomic mass is 35.5. The van der Waals surface area contributed by atoms with Crippen LogP contribution in [0.5, 0.6) is 0 Å². The highest BCUT2D eigenvalue weighted by Gasteiger charge is 2.11. The van der Waals surface area contributed by atoms with Crippen molar-refractivity contribution in [2.75, 3.05) is 0 Å². The largest absolute Gasteiger partial charge is 0.505 e. The molecule has 0 aromatic heterocycles. The Morgan fingerprint density at radius 2 is 1.75 bits per heavy atom. The Kier molecular flexibility index (Phi) is 3.09. The molecule has 5 heteroatoms. The van der Waals surface area contributed by atoms with Gasteiger partial charge in [0.05, 0.1) is 0 Å². The zero-order valence-corrected chi connectivity index (χ0v) is 5.05. The number of aliphatic hydroxyl groups excluding tert-OH is 1. The summed E-state index contributed by atoms with van der Waals surface area (Å²) in [4.78, 5) is 0. The van der Waals surface area contributed by atoms with Gasteiger partial charge in [0.25, 0.3) is 6.43 Å². The quantitative estimate of drug-likeness (QED) is 0.588. The van der Waals surface area contributed by atoms with Crippen LogP contribution in [0.4, 0.5) is 8.78 Å². The zero-order valence-electron chi connectivity index (χ0n) is 3.54. The normalized spacial score (nSPS) is 9.62. The summed E-state index contributed by atoms with van der Waals surface area (Å²) in [7, 11) is 0. The minimum absolute atomic E-state index is 0.792. The second-order valence-electron chi connectivity index (χ2n) is 0.946. The molecule has 0 aromatic carbocycles. The highest BCUT2D eigenvalue weighted by molar-refractivity contribution is 6.56. The number of hydrogen-bond donors (Lipinski definition) is 1. The average Bonchev–Trinajstić information content (AvgIpc) is 1.64. The van der Waals surface area contributed by atoms with E-state index < -0.39 is 16.7 Å². The third-order valence-electron chi connectivity index (χ3n) is 0.400. The maximum absolute atomic E-state index is 11.2.